The van der Waals surface area contributed by atoms with Crippen LogP contribution in [0.1, 0.15) is 44.4 Å². The van der Waals surface area contributed by atoms with Crippen molar-refractivity contribution in [2.24, 2.45) is 11.3 Å². The molecule has 1 aromatic carbocycles. The molecule has 21 heavy (non-hydrogen) atoms. The summed E-state index contributed by atoms with van der Waals surface area (Å²) in [5.41, 5.74) is -1.72. The van der Waals surface area contributed by atoms with E-state index in [9.17, 15) is 10.4 Å². The molecule has 1 aliphatic carbocycles. The molecule has 0 aliphatic heterocycles. The van der Waals surface area contributed by atoms with Gasteiger partial charge in [0.25, 0.3) is 0 Å². The maximum atomic E-state index is 11.2. The SMILES string of the molecule is CCC1CCC(C#N)(C(C)(O)c2cc3ccccc3s2)C1. The Hall–Kier alpha value is -1.37. The zero-order valence-electron chi connectivity index (χ0n) is 12.6. The number of fused-ring (bicyclic) bond motifs is 1. The number of benzene rings is 1. The summed E-state index contributed by atoms with van der Waals surface area (Å²) in [5.74, 6) is 0.561. The first-order chi connectivity index (χ1) is 10.0. The molecule has 3 rings (SSSR count). The minimum absolute atomic E-state index is 0.561. The molecular formula is C18H21NOS. The Labute approximate surface area is 130 Å². The summed E-state index contributed by atoms with van der Waals surface area (Å²) in [4.78, 5) is 0.919. The highest BCUT2D eigenvalue weighted by Crippen LogP contribution is 2.55. The average Bonchev–Trinajstić information content (AvgIpc) is 3.12. The van der Waals surface area contributed by atoms with Crippen LogP contribution in [0.15, 0.2) is 30.3 Å². The van der Waals surface area contributed by atoms with Crippen molar-refractivity contribution in [1.29, 1.82) is 5.26 Å². The Morgan fingerprint density at radius 3 is 2.86 bits per heavy atom. The van der Waals surface area contributed by atoms with Gasteiger partial charge in [0.05, 0.1) is 11.5 Å². The van der Waals surface area contributed by atoms with Crippen LogP contribution in [0.5, 0.6) is 0 Å². The first-order valence-electron chi connectivity index (χ1n) is 7.65. The van der Waals surface area contributed by atoms with E-state index in [1.807, 2.05) is 19.1 Å². The van der Waals surface area contributed by atoms with E-state index in [0.717, 1.165) is 35.9 Å². The summed E-state index contributed by atoms with van der Waals surface area (Å²) in [6, 6.07) is 12.7. The van der Waals surface area contributed by atoms with Crippen LogP contribution in [0, 0.1) is 22.7 Å². The second-order valence-electron chi connectivity index (χ2n) is 6.43. The fraction of sp³-hybridized carbons (Fsp3) is 0.500. The van der Waals surface area contributed by atoms with Gasteiger partial charge in [0.1, 0.15) is 5.60 Å². The van der Waals surface area contributed by atoms with Gasteiger partial charge >= 0.3 is 0 Å². The van der Waals surface area contributed by atoms with Crippen LogP contribution in [0.25, 0.3) is 10.1 Å². The number of rotatable bonds is 3. The van der Waals surface area contributed by atoms with Crippen LogP contribution < -0.4 is 0 Å². The van der Waals surface area contributed by atoms with Gasteiger partial charge in [0.15, 0.2) is 0 Å². The third-order valence-corrected chi connectivity index (χ3v) is 6.57. The molecule has 1 aliphatic rings. The first kappa shape index (κ1) is 14.6. The molecule has 110 valence electrons. The number of nitrogens with zero attached hydrogens (tertiary/aromatic N) is 1. The molecule has 3 atom stereocenters. The van der Waals surface area contributed by atoms with Crippen LogP contribution >= 0.6 is 11.3 Å². The van der Waals surface area contributed by atoms with Crippen molar-refractivity contribution in [1.82, 2.24) is 0 Å². The van der Waals surface area contributed by atoms with Crippen molar-refractivity contribution >= 4 is 21.4 Å². The second kappa shape index (κ2) is 5.12. The predicted octanol–water partition coefficient (Wildman–Crippen LogP) is 4.83. The Morgan fingerprint density at radius 2 is 2.24 bits per heavy atom. The molecule has 1 N–H and O–H groups in total. The topological polar surface area (TPSA) is 44.0 Å². The van der Waals surface area contributed by atoms with Gasteiger partial charge in [0.2, 0.25) is 0 Å². The summed E-state index contributed by atoms with van der Waals surface area (Å²) in [5, 5.41) is 22.2. The lowest BCUT2D eigenvalue weighted by Gasteiger charge is -2.37. The monoisotopic (exact) mass is 299 g/mol. The number of aliphatic hydroxyl groups is 1. The quantitative estimate of drug-likeness (QED) is 0.882. The van der Waals surface area contributed by atoms with Gasteiger partial charge < -0.3 is 5.11 Å². The van der Waals surface area contributed by atoms with Gasteiger partial charge in [0, 0.05) is 9.58 Å². The van der Waals surface area contributed by atoms with Crippen LogP contribution in [0.4, 0.5) is 0 Å². The number of hydrogen-bond acceptors (Lipinski definition) is 3. The largest absolute Gasteiger partial charge is 0.383 e. The lowest BCUT2D eigenvalue weighted by molar-refractivity contribution is -0.0409. The molecule has 2 nitrogen and oxygen atoms in total. The van der Waals surface area contributed by atoms with Crippen LogP contribution in [0.3, 0.4) is 0 Å². The molecule has 0 bridgehead atoms. The molecule has 1 fully saturated rings. The van der Waals surface area contributed by atoms with E-state index < -0.39 is 11.0 Å². The predicted molar refractivity (Wildman–Crippen MR) is 87.1 cm³/mol. The molecule has 1 heterocycles. The van der Waals surface area contributed by atoms with E-state index in [4.69, 9.17) is 0 Å². The zero-order valence-corrected chi connectivity index (χ0v) is 13.4. The average molecular weight is 299 g/mol. The number of hydrogen-bond donors (Lipinski definition) is 1. The summed E-state index contributed by atoms with van der Waals surface area (Å²) in [6.07, 6.45) is 3.74. The van der Waals surface area contributed by atoms with Crippen LogP contribution in [0.2, 0.25) is 0 Å². The van der Waals surface area contributed by atoms with E-state index in [2.05, 4.69) is 31.2 Å². The Balaban J connectivity index is 2.04. The van der Waals surface area contributed by atoms with Crippen molar-refractivity contribution in [2.45, 2.75) is 45.1 Å². The van der Waals surface area contributed by atoms with E-state index in [-0.39, 0.29) is 0 Å². The smallest absolute Gasteiger partial charge is 0.114 e. The molecule has 0 radical (unpaired) electrons. The molecule has 1 aromatic heterocycles. The van der Waals surface area contributed by atoms with Gasteiger partial charge in [-0.3, -0.25) is 0 Å². The normalized spacial score (nSPS) is 28.4. The van der Waals surface area contributed by atoms with E-state index in [1.54, 1.807) is 11.3 Å². The highest BCUT2D eigenvalue weighted by Gasteiger charge is 2.53. The maximum Gasteiger partial charge on any atom is 0.114 e. The minimum Gasteiger partial charge on any atom is -0.383 e. The lowest BCUT2D eigenvalue weighted by Crippen LogP contribution is -2.40. The fourth-order valence-corrected chi connectivity index (χ4v) is 4.81. The van der Waals surface area contributed by atoms with Crippen molar-refractivity contribution in [3.05, 3.63) is 35.2 Å². The van der Waals surface area contributed by atoms with Gasteiger partial charge in [-0.2, -0.15) is 5.26 Å². The molecular weight excluding hydrogens is 278 g/mol. The van der Waals surface area contributed by atoms with Crippen molar-refractivity contribution in [3.8, 4) is 6.07 Å². The van der Waals surface area contributed by atoms with Crippen molar-refractivity contribution in [2.75, 3.05) is 0 Å². The van der Waals surface area contributed by atoms with Gasteiger partial charge in [-0.05, 0) is 49.6 Å². The van der Waals surface area contributed by atoms with Crippen LogP contribution in [-0.4, -0.2) is 5.11 Å². The molecule has 3 unspecified atom stereocenters. The van der Waals surface area contributed by atoms with Crippen molar-refractivity contribution in [3.63, 3.8) is 0 Å². The van der Waals surface area contributed by atoms with E-state index in [0.29, 0.717) is 5.92 Å². The third kappa shape index (κ3) is 2.18. The van der Waals surface area contributed by atoms with Gasteiger partial charge in [-0.1, -0.05) is 31.5 Å². The van der Waals surface area contributed by atoms with E-state index in [1.165, 1.54) is 4.70 Å². The molecule has 0 saturated heterocycles. The molecule has 1 saturated carbocycles. The van der Waals surface area contributed by atoms with Gasteiger partial charge in [-0.15, -0.1) is 11.3 Å². The Bertz CT molecular complexity index is 664. The summed E-state index contributed by atoms with van der Waals surface area (Å²) < 4.78 is 1.17. The minimum atomic E-state index is -1.07. The second-order valence-corrected chi connectivity index (χ2v) is 7.52. The van der Waals surface area contributed by atoms with Crippen LogP contribution in [-0.2, 0) is 5.60 Å². The zero-order chi connectivity index (χ0) is 15.1. The maximum absolute atomic E-state index is 11.2. The molecule has 3 heteroatoms. The highest BCUT2D eigenvalue weighted by atomic mass is 32.1. The molecule has 0 spiro atoms. The number of thiophene rings is 1. The van der Waals surface area contributed by atoms with E-state index >= 15 is 0 Å². The lowest BCUT2D eigenvalue weighted by atomic mass is 9.71. The van der Waals surface area contributed by atoms with Gasteiger partial charge in [-0.25, -0.2) is 0 Å². The molecule has 2 aromatic rings. The highest BCUT2D eigenvalue weighted by molar-refractivity contribution is 7.19. The summed E-state index contributed by atoms with van der Waals surface area (Å²) in [6.45, 7) is 4.01. The fourth-order valence-electron chi connectivity index (χ4n) is 3.61. The Morgan fingerprint density at radius 1 is 1.48 bits per heavy atom. The Kier molecular flexibility index (Phi) is 3.55. The third-order valence-electron chi connectivity index (χ3n) is 5.25. The summed E-state index contributed by atoms with van der Waals surface area (Å²) >= 11 is 1.61. The molecule has 0 amide bonds. The standard InChI is InChI=1S/C18H21NOS/c1-3-13-8-9-18(11-13,12-19)17(2,20)16-10-14-6-4-5-7-15(14)21-16/h4-7,10,13,20H,3,8-9,11H2,1-2H3. The van der Waals surface area contributed by atoms with Crippen molar-refractivity contribution < 1.29 is 5.11 Å². The summed E-state index contributed by atoms with van der Waals surface area (Å²) in [7, 11) is 0. The first-order valence-corrected chi connectivity index (χ1v) is 8.47. The number of nitriles is 1.